The standard InChI is InChI=1S/C23H19ClN2O/c1-15-13-19(27-18-8-4-3-5-9-18)14-16(2)22(15)25-21-12-11-17-7-6-10-20(24)23(17)26-21/h3-14H,1-2H3,(H,25,26). The van der Waals surface area contributed by atoms with E-state index >= 15 is 0 Å². The first-order chi connectivity index (χ1) is 13.1. The second kappa shape index (κ2) is 7.29. The van der Waals surface area contributed by atoms with E-state index in [1.807, 2.05) is 72.8 Å². The topological polar surface area (TPSA) is 34.1 Å². The zero-order valence-corrected chi connectivity index (χ0v) is 15.9. The van der Waals surface area contributed by atoms with Crippen LogP contribution in [0, 0.1) is 13.8 Å². The number of aromatic nitrogens is 1. The summed E-state index contributed by atoms with van der Waals surface area (Å²) in [7, 11) is 0. The smallest absolute Gasteiger partial charge is 0.131 e. The number of rotatable bonds is 4. The van der Waals surface area contributed by atoms with Crippen molar-refractivity contribution in [3.8, 4) is 11.5 Å². The highest BCUT2D eigenvalue weighted by Crippen LogP contribution is 2.32. The lowest BCUT2D eigenvalue weighted by Gasteiger charge is -2.15. The second-order valence-electron chi connectivity index (χ2n) is 6.48. The first-order valence-electron chi connectivity index (χ1n) is 8.76. The Balaban J connectivity index is 1.63. The van der Waals surface area contributed by atoms with Gasteiger partial charge < -0.3 is 10.1 Å². The average molecular weight is 375 g/mol. The van der Waals surface area contributed by atoms with E-state index in [1.54, 1.807) is 0 Å². The molecule has 1 heterocycles. The molecule has 4 heteroatoms. The van der Waals surface area contributed by atoms with E-state index in [0.29, 0.717) is 5.02 Å². The Bertz CT molecular complexity index is 1090. The van der Waals surface area contributed by atoms with E-state index in [9.17, 15) is 0 Å². The number of benzene rings is 3. The number of aryl methyl sites for hydroxylation is 2. The van der Waals surface area contributed by atoms with Gasteiger partial charge in [-0.2, -0.15) is 0 Å². The molecule has 0 radical (unpaired) electrons. The number of nitrogens with zero attached hydrogens (tertiary/aromatic N) is 1. The Kier molecular flexibility index (Phi) is 4.69. The molecule has 0 aliphatic carbocycles. The Labute approximate surface area is 163 Å². The fourth-order valence-electron chi connectivity index (χ4n) is 3.11. The molecule has 0 bridgehead atoms. The van der Waals surface area contributed by atoms with Gasteiger partial charge in [-0.25, -0.2) is 4.98 Å². The van der Waals surface area contributed by atoms with Crippen LogP contribution in [0.3, 0.4) is 0 Å². The Morgan fingerprint density at radius 1 is 0.815 bits per heavy atom. The molecule has 0 aliphatic heterocycles. The second-order valence-corrected chi connectivity index (χ2v) is 6.89. The number of halogens is 1. The average Bonchev–Trinajstić information content (AvgIpc) is 2.66. The molecule has 27 heavy (non-hydrogen) atoms. The molecule has 0 unspecified atom stereocenters. The number of para-hydroxylation sites is 2. The molecule has 0 saturated heterocycles. The van der Waals surface area contributed by atoms with Crippen LogP contribution < -0.4 is 10.1 Å². The van der Waals surface area contributed by atoms with Crippen molar-refractivity contribution in [2.75, 3.05) is 5.32 Å². The molecule has 3 nitrogen and oxygen atoms in total. The van der Waals surface area contributed by atoms with Crippen LogP contribution in [0.2, 0.25) is 5.02 Å². The first kappa shape index (κ1) is 17.4. The van der Waals surface area contributed by atoms with E-state index in [1.165, 1.54) is 0 Å². The Morgan fingerprint density at radius 3 is 2.30 bits per heavy atom. The van der Waals surface area contributed by atoms with Gasteiger partial charge in [0.25, 0.3) is 0 Å². The SMILES string of the molecule is Cc1cc(Oc2ccccc2)cc(C)c1Nc1ccc2cccc(Cl)c2n1. The lowest BCUT2D eigenvalue weighted by Crippen LogP contribution is -1.99. The van der Waals surface area contributed by atoms with Gasteiger partial charge in [0.15, 0.2) is 0 Å². The van der Waals surface area contributed by atoms with Gasteiger partial charge in [-0.3, -0.25) is 0 Å². The van der Waals surface area contributed by atoms with Crippen molar-refractivity contribution in [1.82, 2.24) is 4.98 Å². The highest BCUT2D eigenvalue weighted by Gasteiger charge is 2.09. The molecule has 134 valence electrons. The lowest BCUT2D eigenvalue weighted by atomic mass is 10.1. The molecular formula is C23H19ClN2O. The van der Waals surface area contributed by atoms with Gasteiger partial charge in [0.1, 0.15) is 17.3 Å². The minimum absolute atomic E-state index is 0.649. The van der Waals surface area contributed by atoms with Gasteiger partial charge in [-0.05, 0) is 67.4 Å². The molecule has 0 saturated carbocycles. The lowest BCUT2D eigenvalue weighted by molar-refractivity contribution is 0.482. The molecule has 0 spiro atoms. The maximum Gasteiger partial charge on any atom is 0.131 e. The highest BCUT2D eigenvalue weighted by atomic mass is 35.5. The van der Waals surface area contributed by atoms with Gasteiger partial charge in [0, 0.05) is 11.1 Å². The van der Waals surface area contributed by atoms with Crippen molar-refractivity contribution >= 4 is 34.0 Å². The highest BCUT2D eigenvalue weighted by molar-refractivity contribution is 6.35. The van der Waals surface area contributed by atoms with E-state index < -0.39 is 0 Å². The molecule has 0 atom stereocenters. The van der Waals surface area contributed by atoms with Crippen molar-refractivity contribution in [3.63, 3.8) is 0 Å². The van der Waals surface area contributed by atoms with Crippen LogP contribution in [0.4, 0.5) is 11.5 Å². The number of hydrogen-bond donors (Lipinski definition) is 1. The fourth-order valence-corrected chi connectivity index (χ4v) is 3.34. The van der Waals surface area contributed by atoms with Gasteiger partial charge in [0.2, 0.25) is 0 Å². The van der Waals surface area contributed by atoms with Crippen molar-refractivity contribution in [2.24, 2.45) is 0 Å². The maximum atomic E-state index is 6.29. The van der Waals surface area contributed by atoms with Crippen molar-refractivity contribution in [2.45, 2.75) is 13.8 Å². The van der Waals surface area contributed by atoms with Gasteiger partial charge >= 0.3 is 0 Å². The minimum atomic E-state index is 0.649. The Hall–Kier alpha value is -3.04. The number of fused-ring (bicyclic) bond motifs is 1. The molecule has 0 amide bonds. The van der Waals surface area contributed by atoms with E-state index in [2.05, 4.69) is 24.1 Å². The summed E-state index contributed by atoms with van der Waals surface area (Å²) >= 11 is 6.29. The third kappa shape index (κ3) is 3.74. The van der Waals surface area contributed by atoms with Gasteiger partial charge in [-0.15, -0.1) is 0 Å². The first-order valence-corrected chi connectivity index (χ1v) is 9.14. The normalized spacial score (nSPS) is 10.8. The number of ether oxygens (including phenoxy) is 1. The molecule has 1 N–H and O–H groups in total. The summed E-state index contributed by atoms with van der Waals surface area (Å²) in [6.45, 7) is 4.11. The number of pyridine rings is 1. The van der Waals surface area contributed by atoms with Gasteiger partial charge in [0.05, 0.1) is 10.5 Å². The summed E-state index contributed by atoms with van der Waals surface area (Å²) in [4.78, 5) is 4.67. The predicted molar refractivity (Wildman–Crippen MR) is 112 cm³/mol. The maximum absolute atomic E-state index is 6.29. The third-order valence-electron chi connectivity index (χ3n) is 4.41. The molecule has 4 rings (SSSR count). The largest absolute Gasteiger partial charge is 0.457 e. The van der Waals surface area contributed by atoms with Gasteiger partial charge in [-0.1, -0.05) is 41.9 Å². The van der Waals surface area contributed by atoms with E-state index in [-0.39, 0.29) is 0 Å². The van der Waals surface area contributed by atoms with Crippen LogP contribution in [0.5, 0.6) is 11.5 Å². The van der Waals surface area contributed by atoms with E-state index in [0.717, 1.165) is 45.0 Å². The minimum Gasteiger partial charge on any atom is -0.457 e. The Morgan fingerprint density at radius 2 is 1.56 bits per heavy atom. The van der Waals surface area contributed by atoms with Crippen LogP contribution in [0.1, 0.15) is 11.1 Å². The number of nitrogens with one attached hydrogen (secondary N) is 1. The van der Waals surface area contributed by atoms with Crippen LogP contribution in [-0.2, 0) is 0 Å². The molecule has 3 aromatic carbocycles. The number of anilines is 2. The van der Waals surface area contributed by atoms with Crippen LogP contribution in [-0.4, -0.2) is 4.98 Å². The zero-order chi connectivity index (χ0) is 18.8. The van der Waals surface area contributed by atoms with E-state index in [4.69, 9.17) is 16.3 Å². The third-order valence-corrected chi connectivity index (χ3v) is 4.71. The summed E-state index contributed by atoms with van der Waals surface area (Å²) < 4.78 is 5.96. The monoisotopic (exact) mass is 374 g/mol. The zero-order valence-electron chi connectivity index (χ0n) is 15.2. The van der Waals surface area contributed by atoms with Crippen LogP contribution in [0.25, 0.3) is 10.9 Å². The molecule has 4 aromatic rings. The quantitative estimate of drug-likeness (QED) is 0.416. The molecular weight excluding hydrogens is 356 g/mol. The summed E-state index contributed by atoms with van der Waals surface area (Å²) in [6.07, 6.45) is 0. The molecule has 0 fully saturated rings. The molecule has 1 aromatic heterocycles. The summed E-state index contributed by atoms with van der Waals surface area (Å²) in [5.41, 5.74) is 3.99. The van der Waals surface area contributed by atoms with Crippen LogP contribution >= 0.6 is 11.6 Å². The summed E-state index contributed by atoms with van der Waals surface area (Å²) in [5, 5.41) is 5.10. The summed E-state index contributed by atoms with van der Waals surface area (Å²) in [6, 6.07) is 23.6. The fraction of sp³-hybridized carbons (Fsp3) is 0.0870. The van der Waals surface area contributed by atoms with Crippen molar-refractivity contribution in [1.29, 1.82) is 0 Å². The summed E-state index contributed by atoms with van der Waals surface area (Å²) in [5.74, 6) is 2.40. The number of hydrogen-bond acceptors (Lipinski definition) is 3. The predicted octanol–water partition coefficient (Wildman–Crippen LogP) is 7.04. The van der Waals surface area contributed by atoms with Crippen molar-refractivity contribution < 1.29 is 4.74 Å². The van der Waals surface area contributed by atoms with Crippen LogP contribution in [0.15, 0.2) is 72.8 Å². The van der Waals surface area contributed by atoms with Crippen molar-refractivity contribution in [3.05, 3.63) is 88.9 Å². The molecule has 0 aliphatic rings.